The number of H-pyrrole nitrogens is 1. The van der Waals surface area contributed by atoms with E-state index in [2.05, 4.69) is 30.3 Å². The highest BCUT2D eigenvalue weighted by Crippen LogP contribution is 2.21. The van der Waals surface area contributed by atoms with Gasteiger partial charge in [0.1, 0.15) is 5.69 Å². The predicted octanol–water partition coefficient (Wildman–Crippen LogP) is 1.06. The lowest BCUT2D eigenvalue weighted by Gasteiger charge is -2.00. The van der Waals surface area contributed by atoms with E-state index in [0.29, 0.717) is 17.3 Å². The fraction of sp³-hybridized carbons (Fsp3) is 0.182. The smallest absolute Gasteiger partial charge is 0.295 e. The Kier molecular flexibility index (Phi) is 2.67. The van der Waals surface area contributed by atoms with E-state index in [1.54, 1.807) is 6.20 Å². The van der Waals surface area contributed by atoms with Gasteiger partial charge in [0.25, 0.3) is 5.89 Å². The van der Waals surface area contributed by atoms with E-state index in [-0.39, 0.29) is 11.8 Å². The summed E-state index contributed by atoms with van der Waals surface area (Å²) in [5, 5.41) is 10.2. The highest BCUT2D eigenvalue weighted by atomic mass is 16.5. The van der Waals surface area contributed by atoms with Crippen molar-refractivity contribution in [3.63, 3.8) is 0 Å². The van der Waals surface area contributed by atoms with Crippen LogP contribution in [-0.4, -0.2) is 30.3 Å². The number of aryl methyl sites for hydroxylation is 1. The monoisotopic (exact) mass is 257 g/mol. The normalized spacial score (nSPS) is 10.8. The largest absolute Gasteiger partial charge is 0.366 e. The Labute approximate surface area is 108 Å². The number of hydrogen-bond donors (Lipinski definition) is 2. The van der Waals surface area contributed by atoms with Crippen LogP contribution in [0.15, 0.2) is 22.9 Å². The second-order valence-corrected chi connectivity index (χ2v) is 3.83. The standard InChI is InChI=1S/C11H11N7O/c1-2-6-4-3-5-13-7(6)8-14-10(19-18-8)9-15-11(12)17-16-9/h3-5H,2H2,1H3,(H3,12,15,16,17). The van der Waals surface area contributed by atoms with Gasteiger partial charge in [0.2, 0.25) is 17.6 Å². The molecule has 19 heavy (non-hydrogen) atoms. The number of nitrogens with two attached hydrogens (primary N) is 1. The van der Waals surface area contributed by atoms with E-state index in [0.717, 1.165) is 12.0 Å². The summed E-state index contributed by atoms with van der Waals surface area (Å²) in [4.78, 5) is 12.4. The van der Waals surface area contributed by atoms with Crippen molar-refractivity contribution in [2.45, 2.75) is 13.3 Å². The lowest BCUT2D eigenvalue weighted by atomic mass is 10.1. The number of aromatic nitrogens is 6. The minimum absolute atomic E-state index is 0.127. The molecule has 8 heteroatoms. The molecule has 0 saturated carbocycles. The van der Waals surface area contributed by atoms with Crippen LogP contribution >= 0.6 is 0 Å². The number of hydrogen-bond acceptors (Lipinski definition) is 7. The molecule has 0 radical (unpaired) electrons. The molecule has 3 aromatic rings. The molecular formula is C11H11N7O. The maximum atomic E-state index is 5.42. The first-order valence-electron chi connectivity index (χ1n) is 5.74. The van der Waals surface area contributed by atoms with Gasteiger partial charge in [-0.05, 0) is 18.1 Å². The lowest BCUT2D eigenvalue weighted by Crippen LogP contribution is -1.92. The SMILES string of the molecule is CCc1cccnc1-c1noc(-c2nc(N)n[nH]2)n1. The summed E-state index contributed by atoms with van der Waals surface area (Å²) in [5.41, 5.74) is 7.17. The van der Waals surface area contributed by atoms with Crippen molar-refractivity contribution >= 4 is 5.95 Å². The molecule has 0 saturated heterocycles. The molecule has 96 valence electrons. The average Bonchev–Trinajstić information content (AvgIpc) is 3.07. The first-order chi connectivity index (χ1) is 9.28. The summed E-state index contributed by atoms with van der Waals surface area (Å²) in [6, 6.07) is 3.85. The highest BCUT2D eigenvalue weighted by Gasteiger charge is 2.16. The third-order valence-electron chi connectivity index (χ3n) is 2.62. The minimum atomic E-state index is 0.127. The minimum Gasteiger partial charge on any atom is -0.366 e. The molecular weight excluding hydrogens is 246 g/mol. The molecule has 3 aromatic heterocycles. The van der Waals surface area contributed by atoms with Crippen molar-refractivity contribution in [1.82, 2.24) is 30.3 Å². The summed E-state index contributed by atoms with van der Waals surface area (Å²) >= 11 is 0. The van der Waals surface area contributed by atoms with Gasteiger partial charge in [-0.25, -0.2) is 0 Å². The van der Waals surface area contributed by atoms with E-state index in [9.17, 15) is 0 Å². The van der Waals surface area contributed by atoms with Gasteiger partial charge in [0, 0.05) is 6.20 Å². The molecule has 0 aliphatic carbocycles. The summed E-state index contributed by atoms with van der Waals surface area (Å²) in [5.74, 6) is 1.11. The van der Waals surface area contributed by atoms with Crippen LogP contribution in [0, 0.1) is 0 Å². The van der Waals surface area contributed by atoms with Gasteiger partial charge in [0.15, 0.2) is 0 Å². The number of nitrogens with one attached hydrogen (secondary N) is 1. The molecule has 0 fully saturated rings. The van der Waals surface area contributed by atoms with Crippen molar-refractivity contribution in [3.8, 4) is 23.2 Å². The average molecular weight is 257 g/mol. The number of nitrogen functional groups attached to an aromatic ring is 1. The number of rotatable bonds is 3. The van der Waals surface area contributed by atoms with Crippen LogP contribution in [0.2, 0.25) is 0 Å². The van der Waals surface area contributed by atoms with Gasteiger partial charge < -0.3 is 10.3 Å². The van der Waals surface area contributed by atoms with Gasteiger partial charge in [-0.3, -0.25) is 10.1 Å². The number of pyridine rings is 1. The van der Waals surface area contributed by atoms with Crippen LogP contribution in [0.3, 0.4) is 0 Å². The Morgan fingerprint density at radius 3 is 3.00 bits per heavy atom. The molecule has 0 aromatic carbocycles. The Balaban J connectivity index is 2.01. The molecule has 0 spiro atoms. The van der Waals surface area contributed by atoms with Gasteiger partial charge in [0.05, 0.1) is 0 Å². The maximum absolute atomic E-state index is 5.42. The van der Waals surface area contributed by atoms with Gasteiger partial charge in [-0.1, -0.05) is 18.1 Å². The van der Waals surface area contributed by atoms with Crippen molar-refractivity contribution in [1.29, 1.82) is 0 Å². The molecule has 0 unspecified atom stereocenters. The quantitative estimate of drug-likeness (QED) is 0.719. The van der Waals surface area contributed by atoms with Crippen LogP contribution in [0.4, 0.5) is 5.95 Å². The zero-order chi connectivity index (χ0) is 13.2. The Morgan fingerprint density at radius 1 is 1.37 bits per heavy atom. The summed E-state index contributed by atoms with van der Waals surface area (Å²) in [6.45, 7) is 2.04. The van der Waals surface area contributed by atoms with E-state index in [1.807, 2.05) is 19.1 Å². The van der Waals surface area contributed by atoms with E-state index in [1.165, 1.54) is 0 Å². The van der Waals surface area contributed by atoms with Gasteiger partial charge in [-0.15, -0.1) is 5.10 Å². The molecule has 0 atom stereocenters. The Morgan fingerprint density at radius 2 is 2.26 bits per heavy atom. The van der Waals surface area contributed by atoms with Crippen molar-refractivity contribution in [3.05, 3.63) is 23.9 Å². The molecule has 3 N–H and O–H groups in total. The molecule has 8 nitrogen and oxygen atoms in total. The molecule has 3 heterocycles. The van der Waals surface area contributed by atoms with Crippen LogP contribution in [-0.2, 0) is 6.42 Å². The third kappa shape index (κ3) is 2.03. The van der Waals surface area contributed by atoms with Crippen LogP contribution < -0.4 is 5.73 Å². The maximum Gasteiger partial charge on any atom is 0.295 e. The highest BCUT2D eigenvalue weighted by molar-refractivity contribution is 5.56. The third-order valence-corrected chi connectivity index (χ3v) is 2.62. The molecule has 0 aliphatic rings. The fourth-order valence-electron chi connectivity index (χ4n) is 1.71. The van der Waals surface area contributed by atoms with Crippen molar-refractivity contribution in [2.24, 2.45) is 0 Å². The predicted molar refractivity (Wildman–Crippen MR) is 66.7 cm³/mol. The number of aromatic amines is 1. The zero-order valence-corrected chi connectivity index (χ0v) is 10.2. The summed E-state index contributed by atoms with van der Waals surface area (Å²) in [7, 11) is 0. The Hall–Kier alpha value is -2.77. The van der Waals surface area contributed by atoms with E-state index in [4.69, 9.17) is 10.3 Å². The molecule has 3 rings (SSSR count). The van der Waals surface area contributed by atoms with Crippen molar-refractivity contribution < 1.29 is 4.52 Å². The first kappa shape index (κ1) is 11.3. The Bertz CT molecular complexity index is 702. The number of anilines is 1. The van der Waals surface area contributed by atoms with E-state index >= 15 is 0 Å². The first-order valence-corrected chi connectivity index (χ1v) is 5.74. The zero-order valence-electron chi connectivity index (χ0n) is 10.2. The second-order valence-electron chi connectivity index (χ2n) is 3.83. The van der Waals surface area contributed by atoms with Gasteiger partial charge >= 0.3 is 0 Å². The summed E-state index contributed by atoms with van der Waals surface area (Å²) in [6.07, 6.45) is 2.53. The van der Waals surface area contributed by atoms with Crippen LogP contribution in [0.25, 0.3) is 23.2 Å². The molecule has 0 bridgehead atoms. The molecule has 0 aliphatic heterocycles. The lowest BCUT2D eigenvalue weighted by molar-refractivity contribution is 0.429. The fourth-order valence-corrected chi connectivity index (χ4v) is 1.71. The second kappa shape index (κ2) is 4.48. The summed E-state index contributed by atoms with van der Waals surface area (Å²) < 4.78 is 5.13. The van der Waals surface area contributed by atoms with Crippen molar-refractivity contribution in [2.75, 3.05) is 5.73 Å². The van der Waals surface area contributed by atoms with Crippen LogP contribution in [0.5, 0.6) is 0 Å². The number of nitrogens with zero attached hydrogens (tertiary/aromatic N) is 5. The van der Waals surface area contributed by atoms with E-state index < -0.39 is 0 Å². The molecule has 0 amide bonds. The van der Waals surface area contributed by atoms with Gasteiger partial charge in [-0.2, -0.15) is 9.97 Å². The van der Waals surface area contributed by atoms with Crippen LogP contribution in [0.1, 0.15) is 12.5 Å². The topological polar surface area (TPSA) is 119 Å².